The first-order valence-electron chi connectivity index (χ1n) is 9.01. The summed E-state index contributed by atoms with van der Waals surface area (Å²) in [5, 5.41) is 6.47. The molecule has 0 spiro atoms. The van der Waals surface area contributed by atoms with Crippen LogP contribution in [-0.2, 0) is 11.3 Å². The number of hydrogen-bond acceptors (Lipinski definition) is 6. The SMILES string of the molecule is COCc1nc(-c2ccc(OC3CN(C(=O)Nc4ccccc4F)C3)cc2)no1. The Morgan fingerprint density at radius 1 is 1.24 bits per heavy atom. The number of ether oxygens (including phenoxy) is 2. The number of para-hydroxylation sites is 1. The number of anilines is 1. The maximum atomic E-state index is 13.6. The van der Waals surface area contributed by atoms with Gasteiger partial charge in [-0.2, -0.15) is 4.98 Å². The van der Waals surface area contributed by atoms with E-state index in [2.05, 4.69) is 15.5 Å². The van der Waals surface area contributed by atoms with Gasteiger partial charge in [-0.05, 0) is 36.4 Å². The zero-order valence-corrected chi connectivity index (χ0v) is 15.7. The minimum absolute atomic E-state index is 0.120. The minimum Gasteiger partial charge on any atom is -0.487 e. The number of amides is 2. The van der Waals surface area contributed by atoms with Crippen LogP contribution in [0.15, 0.2) is 53.1 Å². The number of aromatic nitrogens is 2. The van der Waals surface area contributed by atoms with E-state index in [0.29, 0.717) is 30.6 Å². The highest BCUT2D eigenvalue weighted by Gasteiger charge is 2.32. The zero-order chi connectivity index (χ0) is 20.2. The summed E-state index contributed by atoms with van der Waals surface area (Å²) in [5.41, 5.74) is 0.954. The van der Waals surface area contributed by atoms with Crippen LogP contribution in [0, 0.1) is 5.82 Å². The van der Waals surface area contributed by atoms with Gasteiger partial charge in [0.15, 0.2) is 0 Å². The van der Waals surface area contributed by atoms with Gasteiger partial charge in [0.2, 0.25) is 5.82 Å². The van der Waals surface area contributed by atoms with Gasteiger partial charge in [0, 0.05) is 12.7 Å². The molecule has 3 aromatic rings. The van der Waals surface area contributed by atoms with Crippen molar-refractivity contribution in [2.45, 2.75) is 12.7 Å². The number of rotatable bonds is 6. The lowest BCUT2D eigenvalue weighted by molar-refractivity contribution is 0.0493. The number of hydrogen-bond donors (Lipinski definition) is 1. The first kappa shape index (κ1) is 18.9. The molecule has 0 unspecified atom stereocenters. The summed E-state index contributed by atoms with van der Waals surface area (Å²) >= 11 is 0. The molecule has 150 valence electrons. The zero-order valence-electron chi connectivity index (χ0n) is 15.7. The molecular formula is C20H19FN4O4. The Labute approximate surface area is 166 Å². The fraction of sp³-hybridized carbons (Fsp3) is 0.250. The van der Waals surface area contributed by atoms with Crippen molar-refractivity contribution in [3.8, 4) is 17.1 Å². The van der Waals surface area contributed by atoms with E-state index < -0.39 is 5.82 Å². The number of methoxy groups -OCH3 is 1. The predicted octanol–water partition coefficient (Wildman–Crippen LogP) is 3.32. The van der Waals surface area contributed by atoms with E-state index in [9.17, 15) is 9.18 Å². The van der Waals surface area contributed by atoms with Crippen LogP contribution in [0.3, 0.4) is 0 Å². The molecule has 0 atom stereocenters. The summed E-state index contributed by atoms with van der Waals surface area (Å²) in [6.07, 6.45) is -0.120. The van der Waals surface area contributed by atoms with Crippen LogP contribution in [0.1, 0.15) is 5.89 Å². The van der Waals surface area contributed by atoms with Crippen LogP contribution in [0.2, 0.25) is 0 Å². The van der Waals surface area contributed by atoms with E-state index in [4.69, 9.17) is 14.0 Å². The fourth-order valence-electron chi connectivity index (χ4n) is 2.86. The van der Waals surface area contributed by atoms with Crippen molar-refractivity contribution >= 4 is 11.7 Å². The smallest absolute Gasteiger partial charge is 0.322 e. The lowest BCUT2D eigenvalue weighted by Crippen LogP contribution is -2.57. The van der Waals surface area contributed by atoms with E-state index in [1.807, 2.05) is 24.3 Å². The Morgan fingerprint density at radius 3 is 2.72 bits per heavy atom. The molecule has 8 nitrogen and oxygen atoms in total. The number of carbonyl (C=O) groups is 1. The topological polar surface area (TPSA) is 89.7 Å². The van der Waals surface area contributed by atoms with Gasteiger partial charge in [-0.15, -0.1) is 0 Å². The van der Waals surface area contributed by atoms with Crippen molar-refractivity contribution in [2.75, 3.05) is 25.5 Å². The molecule has 2 aromatic carbocycles. The Kier molecular flexibility index (Phi) is 5.39. The molecule has 2 amide bonds. The number of nitrogens with one attached hydrogen (secondary N) is 1. The van der Waals surface area contributed by atoms with Gasteiger partial charge in [-0.3, -0.25) is 0 Å². The van der Waals surface area contributed by atoms with Crippen molar-refractivity contribution in [2.24, 2.45) is 0 Å². The van der Waals surface area contributed by atoms with Crippen molar-refractivity contribution in [1.29, 1.82) is 0 Å². The summed E-state index contributed by atoms with van der Waals surface area (Å²) in [5.74, 6) is 1.09. The van der Waals surface area contributed by atoms with Gasteiger partial charge < -0.3 is 24.2 Å². The van der Waals surface area contributed by atoms with Crippen LogP contribution in [0.25, 0.3) is 11.4 Å². The summed E-state index contributed by atoms with van der Waals surface area (Å²) in [7, 11) is 1.56. The number of carbonyl (C=O) groups excluding carboxylic acids is 1. The van der Waals surface area contributed by atoms with Gasteiger partial charge in [0.05, 0.1) is 18.8 Å². The molecule has 2 heterocycles. The van der Waals surface area contributed by atoms with Crippen LogP contribution in [-0.4, -0.2) is 47.4 Å². The first-order chi connectivity index (χ1) is 14.1. The quantitative estimate of drug-likeness (QED) is 0.685. The molecule has 1 aliphatic rings. The summed E-state index contributed by atoms with van der Waals surface area (Å²) in [6, 6.07) is 13.0. The summed E-state index contributed by atoms with van der Waals surface area (Å²) < 4.78 is 29.5. The Balaban J connectivity index is 1.28. The third-order valence-corrected chi connectivity index (χ3v) is 4.40. The molecule has 9 heteroatoms. The molecule has 0 radical (unpaired) electrons. The Bertz CT molecular complexity index is 986. The van der Waals surface area contributed by atoms with Gasteiger partial charge in [0.25, 0.3) is 5.89 Å². The predicted molar refractivity (Wildman–Crippen MR) is 102 cm³/mol. The molecule has 4 rings (SSSR count). The molecular weight excluding hydrogens is 379 g/mol. The Morgan fingerprint density at radius 2 is 2.00 bits per heavy atom. The van der Waals surface area contributed by atoms with E-state index in [0.717, 1.165) is 5.56 Å². The third-order valence-electron chi connectivity index (χ3n) is 4.40. The molecule has 0 bridgehead atoms. The molecule has 0 saturated carbocycles. The molecule has 1 saturated heterocycles. The monoisotopic (exact) mass is 398 g/mol. The van der Waals surface area contributed by atoms with Crippen LogP contribution >= 0.6 is 0 Å². The Hall–Kier alpha value is -3.46. The van der Waals surface area contributed by atoms with Crippen molar-refractivity contribution in [3.05, 3.63) is 60.2 Å². The second kappa shape index (κ2) is 8.27. The van der Waals surface area contributed by atoms with E-state index in [-0.39, 0.29) is 24.4 Å². The number of benzene rings is 2. The maximum absolute atomic E-state index is 13.6. The van der Waals surface area contributed by atoms with E-state index in [1.54, 1.807) is 24.1 Å². The fourth-order valence-corrected chi connectivity index (χ4v) is 2.86. The molecule has 29 heavy (non-hydrogen) atoms. The van der Waals surface area contributed by atoms with Crippen LogP contribution in [0.5, 0.6) is 5.75 Å². The van der Waals surface area contributed by atoms with Gasteiger partial charge >= 0.3 is 6.03 Å². The highest BCUT2D eigenvalue weighted by molar-refractivity contribution is 5.90. The molecule has 1 aromatic heterocycles. The van der Waals surface area contributed by atoms with Gasteiger partial charge in [-0.25, -0.2) is 9.18 Å². The van der Waals surface area contributed by atoms with E-state index in [1.165, 1.54) is 12.1 Å². The highest BCUT2D eigenvalue weighted by Crippen LogP contribution is 2.23. The highest BCUT2D eigenvalue weighted by atomic mass is 19.1. The largest absolute Gasteiger partial charge is 0.487 e. The third kappa shape index (κ3) is 4.35. The molecule has 1 N–H and O–H groups in total. The number of nitrogens with zero attached hydrogens (tertiary/aromatic N) is 3. The number of halogens is 1. The van der Waals surface area contributed by atoms with E-state index >= 15 is 0 Å². The van der Waals surface area contributed by atoms with Gasteiger partial charge in [-0.1, -0.05) is 17.3 Å². The average molecular weight is 398 g/mol. The molecule has 1 aliphatic heterocycles. The number of likely N-dealkylation sites (tertiary alicyclic amines) is 1. The molecule has 0 aliphatic carbocycles. The number of urea groups is 1. The summed E-state index contributed by atoms with van der Waals surface area (Å²) in [4.78, 5) is 18.0. The van der Waals surface area contributed by atoms with Crippen LogP contribution < -0.4 is 10.1 Å². The minimum atomic E-state index is -0.467. The lowest BCUT2D eigenvalue weighted by atomic mass is 10.1. The average Bonchev–Trinajstić information content (AvgIpc) is 3.15. The van der Waals surface area contributed by atoms with Gasteiger partial charge in [0.1, 0.15) is 24.3 Å². The first-order valence-corrected chi connectivity index (χ1v) is 9.01. The second-order valence-corrected chi connectivity index (χ2v) is 6.52. The standard InChI is InChI=1S/C20H19FN4O4/c1-27-12-18-23-19(24-29-18)13-6-8-14(9-7-13)28-15-10-25(11-15)20(26)22-17-5-3-2-4-16(17)21/h2-9,15H,10-12H2,1H3,(H,22,26). The lowest BCUT2D eigenvalue weighted by Gasteiger charge is -2.38. The normalized spacial score (nSPS) is 13.8. The van der Waals surface area contributed by atoms with Crippen LogP contribution in [0.4, 0.5) is 14.9 Å². The second-order valence-electron chi connectivity index (χ2n) is 6.52. The molecule has 1 fully saturated rings. The maximum Gasteiger partial charge on any atom is 0.322 e. The summed E-state index contributed by atoms with van der Waals surface area (Å²) in [6.45, 7) is 1.11. The van der Waals surface area contributed by atoms with Crippen molar-refractivity contribution in [1.82, 2.24) is 15.0 Å². The van der Waals surface area contributed by atoms with Crippen molar-refractivity contribution in [3.63, 3.8) is 0 Å². The van der Waals surface area contributed by atoms with Crippen molar-refractivity contribution < 1.29 is 23.2 Å².